The number of nitrogens with zero attached hydrogens (tertiary/aromatic N) is 3. The Labute approximate surface area is 168 Å². The second-order valence-electron chi connectivity index (χ2n) is 7.39. The average molecular weight is 388 g/mol. The molecule has 0 amide bonds. The van der Waals surface area contributed by atoms with Gasteiger partial charge in [-0.3, -0.25) is 4.79 Å². The number of nitrogen functional groups attached to an aromatic ring is 1. The first-order valence-electron chi connectivity index (χ1n) is 9.39. The van der Waals surface area contributed by atoms with Crippen LogP contribution in [0.15, 0.2) is 55.0 Å². The highest BCUT2D eigenvalue weighted by molar-refractivity contribution is 6.18. The Balaban J connectivity index is 1.85. The van der Waals surface area contributed by atoms with Crippen LogP contribution in [0.25, 0.3) is 22.2 Å². The maximum absolute atomic E-state index is 14.3. The average Bonchev–Trinajstić information content (AvgIpc) is 3.11. The van der Waals surface area contributed by atoms with Gasteiger partial charge in [0.2, 0.25) is 0 Å². The van der Waals surface area contributed by atoms with Gasteiger partial charge in [0.25, 0.3) is 0 Å². The van der Waals surface area contributed by atoms with Gasteiger partial charge in [0.1, 0.15) is 23.6 Å². The molecule has 6 heteroatoms. The maximum Gasteiger partial charge on any atom is 0.195 e. The first-order chi connectivity index (χ1) is 13.9. The molecule has 0 spiro atoms. The minimum atomic E-state index is -0.325. The highest BCUT2D eigenvalue weighted by Crippen LogP contribution is 2.30. The number of anilines is 1. The van der Waals surface area contributed by atoms with Crippen molar-refractivity contribution >= 4 is 22.6 Å². The van der Waals surface area contributed by atoms with Gasteiger partial charge in [0, 0.05) is 23.4 Å². The first kappa shape index (κ1) is 18.8. The van der Waals surface area contributed by atoms with Crippen molar-refractivity contribution in [1.82, 2.24) is 14.5 Å². The molecule has 29 heavy (non-hydrogen) atoms. The van der Waals surface area contributed by atoms with Crippen molar-refractivity contribution in [3.05, 3.63) is 77.5 Å². The van der Waals surface area contributed by atoms with Crippen LogP contribution in [0.2, 0.25) is 0 Å². The Kier molecular flexibility index (Phi) is 4.62. The van der Waals surface area contributed by atoms with E-state index in [2.05, 4.69) is 9.97 Å². The Morgan fingerprint density at radius 2 is 1.93 bits per heavy atom. The summed E-state index contributed by atoms with van der Waals surface area (Å²) in [6, 6.07) is 12.0. The van der Waals surface area contributed by atoms with Crippen LogP contribution in [0.5, 0.6) is 0 Å². The lowest BCUT2D eigenvalue weighted by atomic mass is 9.97. The number of fused-ring (bicyclic) bond motifs is 1. The van der Waals surface area contributed by atoms with Crippen LogP contribution >= 0.6 is 0 Å². The van der Waals surface area contributed by atoms with Crippen LogP contribution in [-0.4, -0.2) is 20.3 Å². The summed E-state index contributed by atoms with van der Waals surface area (Å²) >= 11 is 0. The zero-order valence-corrected chi connectivity index (χ0v) is 16.5. The zero-order chi connectivity index (χ0) is 20.7. The number of aryl methyl sites for hydroxylation is 1. The van der Waals surface area contributed by atoms with E-state index in [-0.39, 0.29) is 23.5 Å². The summed E-state index contributed by atoms with van der Waals surface area (Å²) in [6.45, 7) is 5.92. The third kappa shape index (κ3) is 3.27. The van der Waals surface area contributed by atoms with Gasteiger partial charge in [0.05, 0.1) is 10.9 Å². The Morgan fingerprint density at radius 1 is 1.14 bits per heavy atom. The van der Waals surface area contributed by atoms with Gasteiger partial charge in [-0.1, -0.05) is 29.8 Å². The van der Waals surface area contributed by atoms with E-state index in [0.717, 1.165) is 5.56 Å². The molecule has 2 aromatic heterocycles. The molecule has 0 unspecified atom stereocenters. The summed E-state index contributed by atoms with van der Waals surface area (Å²) in [5.74, 6) is -0.265. The molecule has 4 aromatic rings. The number of nitrogens with two attached hydrogens (primary N) is 1. The number of hydrogen-bond acceptors (Lipinski definition) is 4. The molecule has 2 aromatic carbocycles. The largest absolute Gasteiger partial charge is 0.383 e. The summed E-state index contributed by atoms with van der Waals surface area (Å²) in [4.78, 5) is 21.7. The van der Waals surface area contributed by atoms with E-state index >= 15 is 0 Å². The van der Waals surface area contributed by atoms with Gasteiger partial charge in [-0.15, -0.1) is 0 Å². The molecule has 0 aliphatic heterocycles. The minimum absolute atomic E-state index is 0.0982. The lowest BCUT2D eigenvalue weighted by molar-refractivity contribution is 0.104. The number of ketones is 1. The lowest BCUT2D eigenvalue weighted by Crippen LogP contribution is -2.03. The second kappa shape index (κ2) is 7.13. The van der Waals surface area contributed by atoms with E-state index in [9.17, 15) is 9.18 Å². The first-order valence-corrected chi connectivity index (χ1v) is 9.39. The van der Waals surface area contributed by atoms with Crippen molar-refractivity contribution in [2.24, 2.45) is 0 Å². The molecular formula is C23H21FN4O. The van der Waals surface area contributed by atoms with Crippen LogP contribution in [0, 0.1) is 12.7 Å². The summed E-state index contributed by atoms with van der Waals surface area (Å²) in [5, 5.41) is 0.540. The lowest BCUT2D eigenvalue weighted by Gasteiger charge is -2.08. The predicted octanol–water partition coefficient (Wildman–Crippen LogP) is 4.94. The van der Waals surface area contributed by atoms with E-state index in [1.807, 2.05) is 25.3 Å². The van der Waals surface area contributed by atoms with Crippen LogP contribution < -0.4 is 5.73 Å². The van der Waals surface area contributed by atoms with Crippen molar-refractivity contribution < 1.29 is 9.18 Å². The second-order valence-corrected chi connectivity index (χ2v) is 7.39. The molecule has 0 saturated carbocycles. The third-order valence-corrected chi connectivity index (χ3v) is 5.00. The van der Waals surface area contributed by atoms with E-state index in [1.54, 1.807) is 42.6 Å². The normalized spacial score (nSPS) is 11.3. The Hall–Kier alpha value is -3.54. The van der Waals surface area contributed by atoms with Crippen molar-refractivity contribution in [3.63, 3.8) is 0 Å². The van der Waals surface area contributed by atoms with Gasteiger partial charge in [-0.2, -0.15) is 0 Å². The van der Waals surface area contributed by atoms with Crippen molar-refractivity contribution in [1.29, 1.82) is 0 Å². The molecule has 0 radical (unpaired) electrons. The summed E-state index contributed by atoms with van der Waals surface area (Å²) in [6.07, 6.45) is 3.16. The fourth-order valence-corrected chi connectivity index (χ4v) is 3.52. The molecule has 2 heterocycles. The van der Waals surface area contributed by atoms with Crippen LogP contribution in [0.3, 0.4) is 0 Å². The van der Waals surface area contributed by atoms with Crippen LogP contribution in [0.4, 0.5) is 10.2 Å². The van der Waals surface area contributed by atoms with E-state index < -0.39 is 0 Å². The molecule has 4 rings (SSSR count). The molecule has 0 bridgehead atoms. The summed E-state index contributed by atoms with van der Waals surface area (Å²) < 4.78 is 16.3. The number of carbonyl (C=O) groups is 1. The minimum Gasteiger partial charge on any atom is -0.383 e. The predicted molar refractivity (Wildman–Crippen MR) is 112 cm³/mol. The monoisotopic (exact) mass is 388 g/mol. The highest BCUT2D eigenvalue weighted by Gasteiger charge is 2.21. The van der Waals surface area contributed by atoms with E-state index in [0.29, 0.717) is 33.3 Å². The Morgan fingerprint density at radius 3 is 2.69 bits per heavy atom. The smallest absolute Gasteiger partial charge is 0.195 e. The van der Waals surface area contributed by atoms with Crippen LogP contribution in [0.1, 0.15) is 41.4 Å². The molecule has 0 aliphatic rings. The zero-order valence-electron chi connectivity index (χ0n) is 16.5. The van der Waals surface area contributed by atoms with Gasteiger partial charge < -0.3 is 10.3 Å². The number of halogens is 1. The Bertz CT molecular complexity index is 1240. The number of benzene rings is 2. The standard InChI is InChI=1S/C23H21FN4O/c1-13(2)28-11-18(20-22(25)26-12-27-23(20)28)21(29)16-6-4-5-15(10-16)17-9-14(3)7-8-19(17)24/h4-13H,1-3H3,(H2,25,26,27). The van der Waals surface area contributed by atoms with Gasteiger partial charge in [-0.25, -0.2) is 14.4 Å². The number of aromatic nitrogens is 3. The summed E-state index contributed by atoms with van der Waals surface area (Å²) in [5.41, 5.74) is 9.65. The van der Waals surface area contributed by atoms with E-state index in [1.165, 1.54) is 12.4 Å². The van der Waals surface area contributed by atoms with Crippen molar-refractivity contribution in [2.75, 3.05) is 5.73 Å². The summed E-state index contributed by atoms with van der Waals surface area (Å²) in [7, 11) is 0. The number of carbonyl (C=O) groups excluding carboxylic acids is 1. The number of hydrogen-bond donors (Lipinski definition) is 1. The molecule has 0 aliphatic carbocycles. The van der Waals surface area contributed by atoms with Gasteiger partial charge >= 0.3 is 0 Å². The maximum atomic E-state index is 14.3. The van der Waals surface area contributed by atoms with Crippen molar-refractivity contribution in [3.8, 4) is 11.1 Å². The SMILES string of the molecule is Cc1ccc(F)c(-c2cccc(C(=O)c3cn(C(C)C)c4ncnc(N)c34)c2)c1. The quantitative estimate of drug-likeness (QED) is 0.503. The molecule has 0 atom stereocenters. The highest BCUT2D eigenvalue weighted by atomic mass is 19.1. The van der Waals surface area contributed by atoms with Crippen LogP contribution in [-0.2, 0) is 0 Å². The van der Waals surface area contributed by atoms with E-state index in [4.69, 9.17) is 5.73 Å². The fourth-order valence-electron chi connectivity index (χ4n) is 3.52. The third-order valence-electron chi connectivity index (χ3n) is 5.00. The molecule has 0 saturated heterocycles. The molecule has 5 nitrogen and oxygen atoms in total. The fraction of sp³-hybridized carbons (Fsp3) is 0.174. The number of rotatable bonds is 4. The molecule has 0 fully saturated rings. The van der Waals surface area contributed by atoms with Gasteiger partial charge in [-0.05, 0) is 44.5 Å². The topological polar surface area (TPSA) is 73.8 Å². The van der Waals surface area contributed by atoms with Gasteiger partial charge in [0.15, 0.2) is 5.78 Å². The molecular weight excluding hydrogens is 367 g/mol. The molecule has 146 valence electrons. The molecule has 2 N–H and O–H groups in total. The van der Waals surface area contributed by atoms with Crippen molar-refractivity contribution in [2.45, 2.75) is 26.8 Å².